The van der Waals surface area contributed by atoms with Gasteiger partial charge in [-0.2, -0.15) is 0 Å². The molecule has 6 heteroatoms. The molecule has 0 aliphatic rings. The fourth-order valence-corrected chi connectivity index (χ4v) is 0. The van der Waals surface area contributed by atoms with Gasteiger partial charge >= 0.3 is 26.7 Å². The van der Waals surface area contributed by atoms with Crippen molar-refractivity contribution in [1.82, 2.24) is 0 Å². The van der Waals surface area contributed by atoms with E-state index in [1.165, 1.54) is 0 Å². The van der Waals surface area contributed by atoms with E-state index in [2.05, 4.69) is 0 Å². The molecule has 0 atom stereocenters. The SMILES string of the molecule is CCN.CCN.O=[Se](O)O. The first-order valence-electron chi connectivity index (χ1n) is 2.76. The normalized spacial score (nSPS) is 7.10. The third kappa shape index (κ3) is 16400. The third-order valence-corrected chi connectivity index (χ3v) is 0. The topological polar surface area (TPSA) is 110 Å². The Bertz CT molecular complexity index is 56.5. The van der Waals surface area contributed by atoms with Gasteiger partial charge in [0.25, 0.3) is 0 Å². The molecule has 66 valence electrons. The Hall–Kier alpha value is 0.159. The Labute approximate surface area is 65.8 Å². The fourth-order valence-electron chi connectivity index (χ4n) is 0. The molecule has 5 nitrogen and oxygen atoms in total. The van der Waals surface area contributed by atoms with Crippen LogP contribution in [0, 0.1) is 0 Å². The molecule has 0 heterocycles. The molecule has 0 aromatic heterocycles. The van der Waals surface area contributed by atoms with Gasteiger partial charge in [0.1, 0.15) is 0 Å². The van der Waals surface area contributed by atoms with Crippen molar-refractivity contribution in [2.75, 3.05) is 13.1 Å². The molecule has 0 unspecified atom stereocenters. The predicted octanol–water partition coefficient (Wildman–Crippen LogP) is -1.68. The number of hydrogen-bond donors (Lipinski definition) is 4. The van der Waals surface area contributed by atoms with Crippen molar-refractivity contribution in [2.24, 2.45) is 11.5 Å². The Kier molecular flexibility index (Phi) is 38.1. The monoisotopic (exact) mass is 220 g/mol. The van der Waals surface area contributed by atoms with E-state index in [4.69, 9.17) is 23.7 Å². The van der Waals surface area contributed by atoms with Gasteiger partial charge in [-0.1, -0.05) is 13.8 Å². The van der Waals surface area contributed by atoms with Crippen molar-refractivity contribution in [3.8, 4) is 0 Å². The zero-order chi connectivity index (χ0) is 8.99. The van der Waals surface area contributed by atoms with Gasteiger partial charge in [0.05, 0.1) is 0 Å². The van der Waals surface area contributed by atoms with Gasteiger partial charge < -0.3 is 11.5 Å². The van der Waals surface area contributed by atoms with Crippen molar-refractivity contribution in [3.05, 3.63) is 0 Å². The van der Waals surface area contributed by atoms with Crippen molar-refractivity contribution < 1.29 is 12.2 Å². The summed E-state index contributed by atoms with van der Waals surface area (Å²) in [7, 11) is 0. The Balaban J connectivity index is -0.0000000750. The van der Waals surface area contributed by atoms with E-state index in [-0.39, 0.29) is 0 Å². The zero-order valence-corrected chi connectivity index (χ0v) is 7.99. The molecule has 0 saturated heterocycles. The Morgan fingerprint density at radius 3 is 1.20 bits per heavy atom. The van der Waals surface area contributed by atoms with E-state index >= 15 is 0 Å². The number of hydrogen-bond acceptors (Lipinski definition) is 3. The van der Waals surface area contributed by atoms with Gasteiger partial charge in [-0.05, 0) is 13.1 Å². The number of nitrogens with two attached hydrogens (primary N) is 2. The van der Waals surface area contributed by atoms with Gasteiger partial charge in [-0.3, -0.25) is 0 Å². The molecule has 0 amide bonds. The molecule has 0 radical (unpaired) electrons. The molecular weight excluding hydrogens is 203 g/mol. The van der Waals surface area contributed by atoms with Gasteiger partial charge in [0.15, 0.2) is 0 Å². The van der Waals surface area contributed by atoms with Gasteiger partial charge in [-0.15, -0.1) is 0 Å². The minimum atomic E-state index is -3.29. The van der Waals surface area contributed by atoms with Crippen LogP contribution in [0.15, 0.2) is 0 Å². The van der Waals surface area contributed by atoms with Gasteiger partial charge in [-0.25, -0.2) is 0 Å². The molecule has 0 aliphatic carbocycles. The van der Waals surface area contributed by atoms with E-state index in [1.807, 2.05) is 13.8 Å². The first kappa shape index (κ1) is 16.6. The van der Waals surface area contributed by atoms with Crippen LogP contribution in [0.1, 0.15) is 13.8 Å². The molecule has 0 rings (SSSR count). The molecule has 0 spiro atoms. The van der Waals surface area contributed by atoms with Crippen LogP contribution in [-0.4, -0.2) is 36.0 Å². The molecule has 0 aliphatic heterocycles. The molecule has 0 aromatic carbocycles. The third-order valence-electron chi connectivity index (χ3n) is 0. The Morgan fingerprint density at radius 2 is 1.20 bits per heavy atom. The second-order valence-corrected chi connectivity index (χ2v) is 2.02. The maximum absolute atomic E-state index is 8.76. The summed E-state index contributed by atoms with van der Waals surface area (Å²) in [5.41, 5.74) is 9.69. The molecule has 10 heavy (non-hydrogen) atoms. The van der Waals surface area contributed by atoms with E-state index in [0.29, 0.717) is 0 Å². The summed E-state index contributed by atoms with van der Waals surface area (Å²) in [5, 5.41) is 0. The first-order chi connectivity index (χ1) is 4.56. The average Bonchev–Trinajstić information content (AvgIpc) is 1.65. The van der Waals surface area contributed by atoms with Crippen LogP contribution in [-0.2, 0) is 3.83 Å². The van der Waals surface area contributed by atoms with Crippen LogP contribution in [0.4, 0.5) is 0 Å². The summed E-state index contributed by atoms with van der Waals surface area (Å²) in [6.45, 7) is 5.31. The summed E-state index contributed by atoms with van der Waals surface area (Å²) in [4.78, 5) is 0. The summed E-state index contributed by atoms with van der Waals surface area (Å²) in [5.74, 6) is 0. The van der Waals surface area contributed by atoms with Crippen molar-refractivity contribution in [2.45, 2.75) is 13.8 Å². The first-order valence-corrected chi connectivity index (χ1v) is 4.99. The van der Waals surface area contributed by atoms with E-state index in [1.54, 1.807) is 0 Å². The summed E-state index contributed by atoms with van der Waals surface area (Å²) < 4.78 is 23.1. The van der Waals surface area contributed by atoms with Crippen LogP contribution >= 0.6 is 0 Å². The fraction of sp³-hybridized carbons (Fsp3) is 1.00. The zero-order valence-electron chi connectivity index (χ0n) is 6.28. The molecule has 0 bridgehead atoms. The van der Waals surface area contributed by atoms with Crippen LogP contribution in [0.2, 0.25) is 0 Å². The van der Waals surface area contributed by atoms with E-state index < -0.39 is 14.5 Å². The minimum absolute atomic E-state index is 0.750. The van der Waals surface area contributed by atoms with Crippen LogP contribution in [0.25, 0.3) is 0 Å². The second kappa shape index (κ2) is 22.9. The summed E-state index contributed by atoms with van der Waals surface area (Å²) >= 11 is -3.29. The van der Waals surface area contributed by atoms with Crippen LogP contribution in [0.5, 0.6) is 0 Å². The van der Waals surface area contributed by atoms with Crippen LogP contribution in [0.3, 0.4) is 0 Å². The van der Waals surface area contributed by atoms with Gasteiger partial charge in [0, 0.05) is 0 Å². The number of rotatable bonds is 0. The quantitative estimate of drug-likeness (QED) is 0.364. The van der Waals surface area contributed by atoms with Crippen molar-refractivity contribution in [1.29, 1.82) is 0 Å². The maximum atomic E-state index is 8.76. The summed E-state index contributed by atoms with van der Waals surface area (Å²) in [6, 6.07) is 0. The van der Waals surface area contributed by atoms with Crippen molar-refractivity contribution >= 4 is 14.5 Å². The molecule has 0 saturated carbocycles. The average molecular weight is 219 g/mol. The predicted molar refractivity (Wildman–Crippen MR) is 40.3 cm³/mol. The summed E-state index contributed by atoms with van der Waals surface area (Å²) in [6.07, 6.45) is 0. The molecule has 6 N–H and O–H groups in total. The molecule has 0 aromatic rings. The molecule has 0 fully saturated rings. The van der Waals surface area contributed by atoms with Gasteiger partial charge in [0.2, 0.25) is 0 Å². The standard InChI is InChI=1S/2C2H7N.H2O3Se/c2*1-2-3;1-4(2)3/h2*2-3H2,1H3;(H2,1,2,3). The van der Waals surface area contributed by atoms with E-state index in [9.17, 15) is 0 Å². The second-order valence-electron chi connectivity index (χ2n) is 1.05. The Morgan fingerprint density at radius 1 is 1.20 bits per heavy atom. The van der Waals surface area contributed by atoms with Crippen LogP contribution < -0.4 is 11.5 Å². The van der Waals surface area contributed by atoms with Crippen molar-refractivity contribution in [3.63, 3.8) is 0 Å². The van der Waals surface area contributed by atoms with E-state index in [0.717, 1.165) is 13.1 Å². The molecular formula is C4H16N2O3Se.